The van der Waals surface area contributed by atoms with Crippen LogP contribution in [0.15, 0.2) is 0 Å². The van der Waals surface area contributed by atoms with Crippen molar-refractivity contribution in [1.82, 2.24) is 10.2 Å². The van der Waals surface area contributed by atoms with Gasteiger partial charge in [0, 0.05) is 32.7 Å². The molecule has 1 heterocycles. The molecule has 73 valence electrons. The average molecular weight is 288 g/mol. The third-order valence-corrected chi connectivity index (χ3v) is 1.88. The second-order valence-electron chi connectivity index (χ2n) is 2.28. The van der Waals surface area contributed by atoms with E-state index in [-0.39, 0.29) is 43.4 Å². The van der Waals surface area contributed by atoms with Crippen molar-refractivity contribution in [1.29, 1.82) is 0 Å². The Bertz CT molecular complexity index is 357. The molecule has 0 saturated carbocycles. The van der Waals surface area contributed by atoms with Gasteiger partial charge in [0.05, 0.1) is 7.11 Å². The van der Waals surface area contributed by atoms with E-state index in [9.17, 15) is 4.79 Å². The van der Waals surface area contributed by atoms with Gasteiger partial charge in [-0.2, -0.15) is 22.4 Å². The maximum absolute atomic E-state index is 11.0. The van der Waals surface area contributed by atoms with Gasteiger partial charge in [0.15, 0.2) is 0 Å². The standard InChI is InChI=1S/C8H7ClN2O2.Y/c1-4-5(2)10-11-7(6(4)9)8(12)13-3;/h1-2H2,3H3;/q-2;. The molecule has 0 aliphatic rings. The number of carbonyl (C=O) groups excluding carboxylic acids is 1. The zero-order chi connectivity index (χ0) is 10.0. The number of esters is 1. The molecule has 0 unspecified atom stereocenters. The summed E-state index contributed by atoms with van der Waals surface area (Å²) in [7, 11) is 1.24. The third kappa shape index (κ3) is 2.59. The minimum absolute atomic E-state index is 0. The largest absolute Gasteiger partial charge is 0.465 e. The van der Waals surface area contributed by atoms with Crippen molar-refractivity contribution in [3.8, 4) is 0 Å². The van der Waals surface area contributed by atoms with Crippen LogP contribution in [0, 0.1) is 13.8 Å². The number of nitrogens with zero attached hydrogens (tertiary/aromatic N) is 2. The van der Waals surface area contributed by atoms with Gasteiger partial charge in [0.25, 0.3) is 0 Å². The summed E-state index contributed by atoms with van der Waals surface area (Å²) in [5.41, 5.74) is 0.691. The van der Waals surface area contributed by atoms with Crippen LogP contribution in [-0.2, 0) is 37.4 Å². The maximum Gasteiger partial charge on any atom is 0.345 e. The van der Waals surface area contributed by atoms with E-state index in [1.807, 2.05) is 0 Å². The molecule has 0 aliphatic carbocycles. The van der Waals surface area contributed by atoms with Crippen LogP contribution in [0.4, 0.5) is 0 Å². The van der Waals surface area contributed by atoms with Gasteiger partial charge in [0.2, 0.25) is 0 Å². The number of carbonyl (C=O) groups is 1. The summed E-state index contributed by atoms with van der Waals surface area (Å²) >= 11 is 5.77. The van der Waals surface area contributed by atoms with E-state index in [0.29, 0.717) is 11.3 Å². The van der Waals surface area contributed by atoms with Gasteiger partial charge < -0.3 is 10.3 Å². The molecule has 0 amide bonds. The van der Waals surface area contributed by atoms with Gasteiger partial charge in [0.1, 0.15) is 5.69 Å². The Morgan fingerprint density at radius 1 is 1.43 bits per heavy atom. The van der Waals surface area contributed by atoms with Crippen molar-refractivity contribution < 1.29 is 42.2 Å². The molecule has 1 aromatic rings. The Hall–Kier alpha value is -0.316. The molecule has 0 atom stereocenters. The van der Waals surface area contributed by atoms with Crippen LogP contribution in [0.1, 0.15) is 21.7 Å². The summed E-state index contributed by atoms with van der Waals surface area (Å²) in [5.74, 6) is -0.637. The van der Waals surface area contributed by atoms with E-state index in [0.717, 1.165) is 0 Å². The van der Waals surface area contributed by atoms with Crippen molar-refractivity contribution in [2.45, 2.75) is 0 Å². The molecule has 0 N–H and O–H groups in total. The van der Waals surface area contributed by atoms with Gasteiger partial charge >= 0.3 is 5.97 Å². The first-order valence-electron chi connectivity index (χ1n) is 3.36. The van der Waals surface area contributed by atoms with Crippen LogP contribution >= 0.6 is 11.6 Å². The molecule has 1 rings (SSSR count). The van der Waals surface area contributed by atoms with Crippen molar-refractivity contribution in [2.75, 3.05) is 7.11 Å². The van der Waals surface area contributed by atoms with E-state index >= 15 is 0 Å². The van der Waals surface area contributed by atoms with E-state index < -0.39 is 5.97 Å². The quantitative estimate of drug-likeness (QED) is 0.577. The summed E-state index contributed by atoms with van der Waals surface area (Å²) in [5, 5.41) is 7.28. The van der Waals surface area contributed by atoms with Crippen LogP contribution in [0.5, 0.6) is 0 Å². The van der Waals surface area contributed by atoms with E-state index in [4.69, 9.17) is 11.6 Å². The van der Waals surface area contributed by atoms with Crippen LogP contribution in [0.2, 0.25) is 5.02 Å². The van der Waals surface area contributed by atoms with Gasteiger partial charge in [-0.15, -0.1) is 5.02 Å². The number of halogens is 1. The molecule has 6 heteroatoms. The molecule has 1 aromatic heterocycles. The molecule has 4 nitrogen and oxygen atoms in total. The summed E-state index contributed by atoms with van der Waals surface area (Å²) < 4.78 is 4.44. The van der Waals surface area contributed by atoms with Gasteiger partial charge in [-0.1, -0.05) is 0 Å². The molecule has 14 heavy (non-hydrogen) atoms. The predicted octanol–water partition coefficient (Wildman–Crippen LogP) is 1.28. The molecule has 1 radical (unpaired) electrons. The zero-order valence-corrected chi connectivity index (χ0v) is 11.2. The van der Waals surface area contributed by atoms with Gasteiger partial charge in [-0.05, 0) is 0 Å². The monoisotopic (exact) mass is 287 g/mol. The SMILES string of the molecule is [CH2-]c1nnc(C(=O)OC)c(Cl)c1[CH2-].[Y]. The Balaban J connectivity index is 0.00000169. The topological polar surface area (TPSA) is 52.1 Å². The molecule has 0 fully saturated rings. The van der Waals surface area contributed by atoms with Crippen molar-refractivity contribution in [3.63, 3.8) is 0 Å². The third-order valence-electron chi connectivity index (χ3n) is 1.47. The van der Waals surface area contributed by atoms with Gasteiger partial charge in [-0.3, -0.25) is 18.9 Å². The van der Waals surface area contributed by atoms with Crippen LogP contribution < -0.4 is 0 Å². The zero-order valence-electron chi connectivity index (χ0n) is 7.58. The van der Waals surface area contributed by atoms with E-state index in [1.54, 1.807) is 0 Å². The maximum atomic E-state index is 11.0. The first-order valence-corrected chi connectivity index (χ1v) is 3.74. The molecular weight excluding hydrogens is 280 g/mol. The number of hydrogen-bond donors (Lipinski definition) is 0. The molecule has 0 spiro atoms. The van der Waals surface area contributed by atoms with Crippen LogP contribution in [0.3, 0.4) is 0 Å². The fourth-order valence-corrected chi connectivity index (χ4v) is 0.935. The Kier molecular flexibility index (Phi) is 5.41. The molecular formula is C8H7ClN2O2Y-2. The number of methoxy groups -OCH3 is 1. The Morgan fingerprint density at radius 2 is 2.00 bits per heavy atom. The molecule has 0 aromatic carbocycles. The predicted molar refractivity (Wildman–Crippen MR) is 47.3 cm³/mol. The van der Waals surface area contributed by atoms with Crippen molar-refractivity contribution in [2.24, 2.45) is 0 Å². The normalized spacial score (nSPS) is 9.00. The Morgan fingerprint density at radius 3 is 2.50 bits per heavy atom. The van der Waals surface area contributed by atoms with Crippen LogP contribution in [-0.4, -0.2) is 23.3 Å². The first-order chi connectivity index (χ1) is 6.07. The Labute approximate surface area is 112 Å². The summed E-state index contributed by atoms with van der Waals surface area (Å²) in [6.07, 6.45) is 0. The van der Waals surface area contributed by atoms with Crippen molar-refractivity contribution >= 4 is 17.6 Å². The average Bonchev–Trinajstić information content (AvgIpc) is 2.13. The number of rotatable bonds is 1. The smallest absolute Gasteiger partial charge is 0.345 e. The minimum Gasteiger partial charge on any atom is -0.465 e. The van der Waals surface area contributed by atoms with E-state index in [1.165, 1.54) is 7.11 Å². The number of ether oxygens (including phenoxy) is 1. The fraction of sp³-hybridized carbons (Fsp3) is 0.125. The fourth-order valence-electron chi connectivity index (χ4n) is 0.711. The number of hydrogen-bond acceptors (Lipinski definition) is 4. The second-order valence-corrected chi connectivity index (χ2v) is 2.66. The molecule has 0 aliphatic heterocycles. The van der Waals surface area contributed by atoms with Crippen molar-refractivity contribution in [3.05, 3.63) is 35.8 Å². The molecule has 0 bridgehead atoms. The minimum atomic E-state index is -0.637. The van der Waals surface area contributed by atoms with Crippen LogP contribution in [0.25, 0.3) is 0 Å². The summed E-state index contributed by atoms with van der Waals surface area (Å²) in [6.45, 7) is 7.13. The second kappa shape index (κ2) is 5.54. The summed E-state index contributed by atoms with van der Waals surface area (Å²) in [4.78, 5) is 11.0. The first kappa shape index (κ1) is 13.7. The summed E-state index contributed by atoms with van der Waals surface area (Å²) in [6, 6.07) is 0. The molecule has 0 saturated heterocycles. The number of aromatic nitrogens is 2. The van der Waals surface area contributed by atoms with E-state index in [2.05, 4.69) is 28.8 Å². The van der Waals surface area contributed by atoms with Gasteiger partial charge in [-0.25, -0.2) is 4.79 Å².